The average molecular weight is 650 g/mol. The Labute approximate surface area is 264 Å². The maximum atomic E-state index is 13.1. The van der Waals surface area contributed by atoms with Crippen LogP contribution in [0.3, 0.4) is 0 Å². The molecule has 0 aliphatic carbocycles. The number of esters is 1. The van der Waals surface area contributed by atoms with Gasteiger partial charge in [-0.05, 0) is 42.3 Å². The lowest BCUT2D eigenvalue weighted by Crippen LogP contribution is -2.65. The molecule has 19 nitrogen and oxygen atoms in total. The number of ether oxygens (including phenoxy) is 2. The summed E-state index contributed by atoms with van der Waals surface area (Å²) in [6.07, 6.45) is 0.719. The summed E-state index contributed by atoms with van der Waals surface area (Å²) in [6, 6.07) is 9.27. The van der Waals surface area contributed by atoms with Crippen LogP contribution >= 0.6 is 0 Å². The summed E-state index contributed by atoms with van der Waals surface area (Å²) in [7, 11) is 0. The first-order valence-electron chi connectivity index (χ1n) is 13.9. The Morgan fingerprint density at radius 1 is 1.00 bits per heavy atom. The van der Waals surface area contributed by atoms with Gasteiger partial charge < -0.3 is 25.6 Å². The molecule has 0 radical (unpaired) electrons. The number of aromatic nitrogens is 3. The van der Waals surface area contributed by atoms with E-state index in [4.69, 9.17) is 9.47 Å². The van der Waals surface area contributed by atoms with Crippen molar-refractivity contribution in [2.75, 3.05) is 0 Å². The summed E-state index contributed by atoms with van der Waals surface area (Å²) in [6.45, 7) is 2.57. The summed E-state index contributed by atoms with van der Waals surface area (Å²) in [4.78, 5) is 73.5. The fraction of sp³-hybridized carbons (Fsp3) is 0.321. The van der Waals surface area contributed by atoms with E-state index in [9.17, 15) is 44.9 Å². The summed E-state index contributed by atoms with van der Waals surface area (Å²) in [5, 5.41) is 34.7. The van der Waals surface area contributed by atoms with Crippen LogP contribution in [0.5, 0.6) is 0 Å². The molecule has 0 spiro atoms. The molecule has 244 valence electrons. The van der Waals surface area contributed by atoms with E-state index in [-0.39, 0.29) is 31.1 Å². The fourth-order valence-electron chi connectivity index (χ4n) is 4.71. The summed E-state index contributed by atoms with van der Waals surface area (Å²) < 4.78 is 11.5. The lowest BCUT2D eigenvalue weighted by Gasteiger charge is -2.42. The van der Waals surface area contributed by atoms with E-state index in [1.807, 2.05) is 0 Å². The Bertz CT molecular complexity index is 1750. The monoisotopic (exact) mass is 649 g/mol. The molecule has 1 aromatic heterocycles. The molecule has 47 heavy (non-hydrogen) atoms. The molecule has 2 aromatic carbocycles. The number of benzene rings is 2. The maximum absolute atomic E-state index is 13.1. The number of nitro groups is 2. The van der Waals surface area contributed by atoms with Crippen molar-refractivity contribution < 1.29 is 43.3 Å². The van der Waals surface area contributed by atoms with Crippen molar-refractivity contribution in [1.29, 1.82) is 0 Å². The zero-order chi connectivity index (χ0) is 34.2. The maximum Gasteiger partial charge on any atom is 0.441 e. The predicted molar refractivity (Wildman–Crippen MR) is 156 cm³/mol. The van der Waals surface area contributed by atoms with Gasteiger partial charge in [-0.25, -0.2) is 14.3 Å². The van der Waals surface area contributed by atoms with Crippen molar-refractivity contribution in [2.45, 2.75) is 45.7 Å². The molecule has 2 unspecified atom stereocenters. The van der Waals surface area contributed by atoms with E-state index in [0.717, 1.165) is 0 Å². The molecular weight excluding hydrogens is 622 g/mol. The molecular formula is C28H27N9O10. The van der Waals surface area contributed by atoms with Gasteiger partial charge in [0.1, 0.15) is 18.9 Å². The van der Waals surface area contributed by atoms with Gasteiger partial charge in [-0.3, -0.25) is 29.8 Å². The smallest absolute Gasteiger partial charge is 0.441 e. The third kappa shape index (κ3) is 8.03. The lowest BCUT2D eigenvalue weighted by molar-refractivity contribution is -0.385. The second-order valence-corrected chi connectivity index (χ2v) is 10.4. The fourth-order valence-corrected chi connectivity index (χ4v) is 4.71. The van der Waals surface area contributed by atoms with Crippen molar-refractivity contribution in [1.82, 2.24) is 25.6 Å². The first kappa shape index (κ1) is 33.5. The summed E-state index contributed by atoms with van der Waals surface area (Å²) in [5.74, 6) is -4.32. The highest BCUT2D eigenvalue weighted by molar-refractivity contribution is 6.62. The Morgan fingerprint density at radius 2 is 1.55 bits per heavy atom. The predicted octanol–water partition coefficient (Wildman–Crippen LogP) is 1.82. The highest BCUT2D eigenvalue weighted by Crippen LogP contribution is 2.32. The average Bonchev–Trinajstić information content (AvgIpc) is 3.54. The lowest BCUT2D eigenvalue weighted by atomic mass is 9.75. The zero-order valence-corrected chi connectivity index (χ0v) is 24.8. The largest absolute Gasteiger partial charge is 0.452 e. The van der Waals surface area contributed by atoms with Crippen LogP contribution in [0.2, 0.25) is 0 Å². The number of β-lactam (4-membered cyclic amide) rings is 1. The van der Waals surface area contributed by atoms with Crippen LogP contribution in [0.4, 0.5) is 16.2 Å². The first-order chi connectivity index (χ1) is 22.4. The van der Waals surface area contributed by atoms with Crippen LogP contribution in [0.25, 0.3) is 5.53 Å². The molecule has 0 bridgehead atoms. The van der Waals surface area contributed by atoms with E-state index < -0.39 is 63.2 Å². The van der Waals surface area contributed by atoms with Gasteiger partial charge >= 0.3 is 17.8 Å². The quantitative estimate of drug-likeness (QED) is 0.0370. The number of nitrogens with zero attached hydrogens (tertiary/aromatic N) is 7. The van der Waals surface area contributed by atoms with Crippen LogP contribution in [0, 0.1) is 32.1 Å². The zero-order valence-electron chi connectivity index (χ0n) is 24.8. The topological polar surface area (TPSA) is 264 Å². The summed E-state index contributed by atoms with van der Waals surface area (Å²) in [5.41, 5.74) is 9.54. The molecule has 0 saturated carbocycles. The highest BCUT2D eigenvalue weighted by Gasteiger charge is 2.51. The van der Waals surface area contributed by atoms with Gasteiger partial charge in [0.15, 0.2) is 0 Å². The number of rotatable bonds is 14. The number of alkyl carbamates (subject to hydrolysis) is 1. The van der Waals surface area contributed by atoms with Crippen LogP contribution in [0.15, 0.2) is 54.7 Å². The number of hydrogen-bond donors (Lipinski definition) is 2. The van der Waals surface area contributed by atoms with Crippen molar-refractivity contribution in [3.8, 4) is 0 Å². The Kier molecular flexibility index (Phi) is 10.4. The Balaban J connectivity index is 1.29. The minimum Gasteiger partial charge on any atom is -0.452 e. The Morgan fingerprint density at radius 3 is 2.06 bits per heavy atom. The van der Waals surface area contributed by atoms with E-state index in [1.165, 1.54) is 66.3 Å². The first-order valence-corrected chi connectivity index (χ1v) is 13.9. The molecule has 1 aliphatic rings. The molecule has 2 amide bonds. The van der Waals surface area contributed by atoms with Crippen LogP contribution < -0.4 is 10.6 Å². The number of hydrogen-bond acceptors (Lipinski definition) is 12. The van der Waals surface area contributed by atoms with Gasteiger partial charge in [-0.1, -0.05) is 12.1 Å². The number of non-ortho nitro benzene ring substituents is 2. The molecule has 2 heterocycles. The summed E-state index contributed by atoms with van der Waals surface area (Å²) >= 11 is 0. The molecule has 4 atom stereocenters. The van der Waals surface area contributed by atoms with Gasteiger partial charge in [0, 0.05) is 30.2 Å². The number of Topliss-reactive ketones (excluding diaryl/α,β-unsaturated/α-hetero) is 1. The molecule has 19 heteroatoms. The van der Waals surface area contributed by atoms with Crippen molar-refractivity contribution >= 4 is 40.8 Å². The second-order valence-electron chi connectivity index (χ2n) is 10.4. The second kappa shape index (κ2) is 14.6. The van der Waals surface area contributed by atoms with E-state index in [0.29, 0.717) is 16.8 Å². The van der Waals surface area contributed by atoms with E-state index in [1.54, 1.807) is 6.92 Å². The molecule has 1 saturated heterocycles. The van der Waals surface area contributed by atoms with Crippen LogP contribution in [-0.4, -0.2) is 65.1 Å². The number of nitrogens with one attached hydrogen (secondary N) is 2. The number of carbonyl (C=O) groups is 4. The van der Waals surface area contributed by atoms with E-state index >= 15 is 0 Å². The molecule has 4 rings (SSSR count). The standard InChI is InChI=1S/C28H27N9O10/c1-15(25(38)24(32-29)27(40)46-13-17-3-7-20(8-4-17)36(42)43)23-22(26(39)31-23)16(2)35-12-19(33-34-35)11-30-28(41)47-14-18-5-9-21(10-6-18)37(44)45/h3-10,12,15-16,22-23H,11,13-14H2,1-2H3,(H,30,41)(H,31,39)/t15?,16?,22-,23-/m1/s1. The third-order valence-corrected chi connectivity index (χ3v) is 7.42. The minimum absolute atomic E-state index is 0.0701. The van der Waals surface area contributed by atoms with Crippen molar-refractivity contribution in [3.05, 3.63) is 97.3 Å². The number of ketones is 1. The van der Waals surface area contributed by atoms with Crippen LogP contribution in [-0.2, 0) is 43.6 Å². The van der Waals surface area contributed by atoms with Crippen LogP contribution in [0.1, 0.15) is 36.7 Å². The van der Waals surface area contributed by atoms with Gasteiger partial charge in [0.2, 0.25) is 5.91 Å². The highest BCUT2D eigenvalue weighted by atomic mass is 16.6. The number of amides is 2. The third-order valence-electron chi connectivity index (χ3n) is 7.42. The minimum atomic E-state index is -1.22. The molecule has 1 fully saturated rings. The van der Waals surface area contributed by atoms with E-state index in [2.05, 4.69) is 25.7 Å². The Hall–Kier alpha value is -6.36. The van der Waals surface area contributed by atoms with Gasteiger partial charge in [-0.2, -0.15) is 4.79 Å². The number of carbonyl (C=O) groups excluding carboxylic acids is 4. The van der Waals surface area contributed by atoms with Gasteiger partial charge in [-0.15, -0.1) is 5.10 Å². The van der Waals surface area contributed by atoms with Gasteiger partial charge in [0.05, 0.1) is 40.6 Å². The molecule has 3 aromatic rings. The van der Waals surface area contributed by atoms with Crippen molar-refractivity contribution in [3.63, 3.8) is 0 Å². The van der Waals surface area contributed by atoms with Crippen molar-refractivity contribution in [2.24, 2.45) is 11.8 Å². The SMILES string of the molecule is CC(C(=O)C(=[N+]=[N-])C(=O)OCc1ccc([N+](=O)[O-])cc1)[C@H]1NC(=O)[C@@H]1C(C)n1cc(CNC(=O)OCc2ccc([N+](=O)[O-])cc2)nn1. The molecule has 1 aliphatic heterocycles. The molecule has 2 N–H and O–H groups in total. The number of nitro benzene ring substituents is 2. The normalized spacial score (nSPS) is 16.3. The van der Waals surface area contributed by atoms with Gasteiger partial charge in [0.25, 0.3) is 17.2 Å².